The predicted octanol–water partition coefficient (Wildman–Crippen LogP) is 18.7. The van der Waals surface area contributed by atoms with E-state index in [-0.39, 0.29) is 25.7 Å². The quantitative estimate of drug-likeness (QED) is 0.0222. The summed E-state index contributed by atoms with van der Waals surface area (Å²) in [7, 11) is -9.89. The molecule has 0 saturated heterocycles. The molecular weight excluding hydrogens is 1140 g/mol. The molecule has 0 bridgehead atoms. The smallest absolute Gasteiger partial charge is 0.462 e. The van der Waals surface area contributed by atoms with Crippen LogP contribution in [-0.2, 0) is 65.4 Å². The van der Waals surface area contributed by atoms with Crippen LogP contribution in [0, 0.1) is 17.8 Å². The van der Waals surface area contributed by atoms with Crippen LogP contribution in [0.5, 0.6) is 0 Å². The third-order valence-corrected chi connectivity index (χ3v) is 17.3. The average Bonchev–Trinajstić information content (AvgIpc) is 3.68. The molecule has 3 N–H and O–H groups in total. The number of rotatable bonds is 65. The molecule has 2 unspecified atom stereocenters. The van der Waals surface area contributed by atoms with Gasteiger partial charge >= 0.3 is 39.5 Å². The molecule has 0 heterocycles. The zero-order chi connectivity index (χ0) is 63.8. The van der Waals surface area contributed by atoms with Crippen LogP contribution < -0.4 is 0 Å². The Morgan fingerprint density at radius 2 is 0.535 bits per heavy atom. The van der Waals surface area contributed by atoms with E-state index in [0.29, 0.717) is 25.7 Å². The van der Waals surface area contributed by atoms with Crippen molar-refractivity contribution in [2.75, 3.05) is 39.6 Å². The highest BCUT2D eigenvalue weighted by Gasteiger charge is 2.30. The lowest BCUT2D eigenvalue weighted by Gasteiger charge is -2.21. The Kier molecular flexibility index (Phi) is 56.9. The van der Waals surface area contributed by atoms with Crippen molar-refractivity contribution < 1.29 is 80.2 Å². The number of carbonyl (C=O) groups excluding carboxylic acids is 4. The summed E-state index contributed by atoms with van der Waals surface area (Å²) in [5, 5.41) is 10.5. The molecule has 0 aromatic carbocycles. The van der Waals surface area contributed by atoms with Gasteiger partial charge in [-0.1, -0.05) is 280 Å². The van der Waals surface area contributed by atoms with Crippen molar-refractivity contribution in [3.8, 4) is 0 Å². The van der Waals surface area contributed by atoms with E-state index in [1.165, 1.54) is 135 Å². The summed E-state index contributed by atoms with van der Waals surface area (Å²) in [5.74, 6) is 0.130. The van der Waals surface area contributed by atoms with Crippen LogP contribution in [0.1, 0.15) is 331 Å². The van der Waals surface area contributed by atoms with Gasteiger partial charge in [-0.15, -0.1) is 0 Å². The number of unbranched alkanes of at least 4 members (excludes halogenated alkanes) is 33. The van der Waals surface area contributed by atoms with Crippen LogP contribution in [0.3, 0.4) is 0 Å². The maximum absolute atomic E-state index is 13.0. The largest absolute Gasteiger partial charge is 0.472 e. The van der Waals surface area contributed by atoms with E-state index >= 15 is 0 Å². The van der Waals surface area contributed by atoms with Crippen LogP contribution in [0.15, 0.2) is 0 Å². The van der Waals surface area contributed by atoms with Crippen molar-refractivity contribution in [3.05, 3.63) is 0 Å². The van der Waals surface area contributed by atoms with Crippen LogP contribution in [0.4, 0.5) is 0 Å². The van der Waals surface area contributed by atoms with Crippen molar-refractivity contribution in [2.24, 2.45) is 17.8 Å². The zero-order valence-electron chi connectivity index (χ0n) is 55.8. The molecule has 0 saturated carbocycles. The van der Waals surface area contributed by atoms with Gasteiger partial charge in [-0.25, -0.2) is 9.13 Å². The first-order valence-electron chi connectivity index (χ1n) is 34.8. The molecule has 0 aromatic heterocycles. The molecule has 0 spiro atoms. The number of phosphoric ester groups is 2. The molecule has 0 aliphatic heterocycles. The lowest BCUT2D eigenvalue weighted by molar-refractivity contribution is -0.161. The van der Waals surface area contributed by atoms with Crippen LogP contribution in [0.2, 0.25) is 0 Å². The molecule has 17 nitrogen and oxygen atoms in total. The van der Waals surface area contributed by atoms with E-state index in [4.69, 9.17) is 37.0 Å². The number of ether oxygens (including phenoxy) is 4. The lowest BCUT2D eigenvalue weighted by Crippen LogP contribution is -2.30. The first-order valence-corrected chi connectivity index (χ1v) is 37.8. The SMILES string of the molecule is CCCCCCCC(=O)OC[C@H](COP(=O)(O)OC[C@H](O)COP(=O)(O)OC[C@@H](COC(=O)CCCCCCCCCCCCC(C)C)OC(=O)CCCCCCCCCCCCCCCCC(C)C)OC(=O)CCCCCCCCCCC(C)C. The lowest BCUT2D eigenvalue weighted by atomic mass is 10.0. The van der Waals surface area contributed by atoms with Crippen molar-refractivity contribution in [2.45, 2.75) is 349 Å². The summed E-state index contributed by atoms with van der Waals surface area (Å²) < 4.78 is 67.9. The van der Waals surface area contributed by atoms with Gasteiger partial charge in [-0.3, -0.25) is 37.3 Å². The Labute approximate surface area is 524 Å². The average molecular weight is 1270 g/mol. The number of aliphatic hydroxyl groups is 1. The zero-order valence-corrected chi connectivity index (χ0v) is 57.6. The molecule has 0 radical (unpaired) electrons. The molecule has 0 aromatic rings. The van der Waals surface area contributed by atoms with Gasteiger partial charge in [-0.2, -0.15) is 0 Å². The molecule has 0 rings (SSSR count). The van der Waals surface area contributed by atoms with E-state index in [1.807, 2.05) is 0 Å². The Hall–Kier alpha value is -1.94. The monoisotopic (exact) mass is 1270 g/mol. The highest BCUT2D eigenvalue weighted by atomic mass is 31.2. The number of hydrogen-bond acceptors (Lipinski definition) is 15. The second-order valence-corrected chi connectivity index (χ2v) is 28.5. The fourth-order valence-corrected chi connectivity index (χ4v) is 11.6. The van der Waals surface area contributed by atoms with Gasteiger partial charge in [0, 0.05) is 25.7 Å². The fraction of sp³-hybridized carbons (Fsp3) is 0.940. The number of hydrogen-bond donors (Lipinski definition) is 3. The second-order valence-electron chi connectivity index (χ2n) is 25.6. The molecule has 0 aliphatic rings. The standard InChI is InChI=1S/C67H130O17P2/c1-8-9-10-31-41-48-64(69)77-54-62(83-67(72)51-44-37-30-24-23-27-34-40-47-60(6)7)56-81-85(73,74)79-52-61(68)53-80-86(75,76)82-57-63(55-78-65(70)49-42-35-28-21-18-17-20-26-33-39-46-59(4)5)84-66(71)50-43-36-29-22-16-14-12-11-13-15-19-25-32-38-45-58(2)3/h58-63,68H,8-57H2,1-7H3,(H,73,74)(H,75,76)/t61-,62+,63+/m0/s1. The third-order valence-electron chi connectivity index (χ3n) is 15.4. The van der Waals surface area contributed by atoms with Gasteiger partial charge in [0.05, 0.1) is 26.4 Å². The van der Waals surface area contributed by atoms with Crippen LogP contribution in [-0.4, -0.2) is 96.7 Å². The van der Waals surface area contributed by atoms with Gasteiger partial charge in [0.25, 0.3) is 0 Å². The second kappa shape index (κ2) is 58.2. The first-order chi connectivity index (χ1) is 41.2. The molecule has 0 aliphatic carbocycles. The first kappa shape index (κ1) is 84.1. The van der Waals surface area contributed by atoms with E-state index in [0.717, 1.165) is 114 Å². The van der Waals surface area contributed by atoms with Gasteiger partial charge in [0.1, 0.15) is 19.3 Å². The van der Waals surface area contributed by atoms with Crippen molar-refractivity contribution >= 4 is 39.5 Å². The summed E-state index contributed by atoms with van der Waals surface area (Å²) in [6.07, 6.45) is 40.7. The van der Waals surface area contributed by atoms with E-state index in [1.54, 1.807) is 0 Å². The fourth-order valence-electron chi connectivity index (χ4n) is 10.0. The summed E-state index contributed by atoms with van der Waals surface area (Å²) in [5.41, 5.74) is 0. The van der Waals surface area contributed by atoms with E-state index in [2.05, 4.69) is 48.5 Å². The molecule has 0 amide bonds. The van der Waals surface area contributed by atoms with E-state index < -0.39 is 97.5 Å². The van der Waals surface area contributed by atoms with Gasteiger partial charge in [-0.05, 0) is 43.4 Å². The predicted molar refractivity (Wildman–Crippen MR) is 344 cm³/mol. The highest BCUT2D eigenvalue weighted by Crippen LogP contribution is 2.45. The summed E-state index contributed by atoms with van der Waals surface area (Å²) in [4.78, 5) is 72.1. The Morgan fingerprint density at radius 3 is 0.791 bits per heavy atom. The van der Waals surface area contributed by atoms with Gasteiger partial charge in [0.15, 0.2) is 12.2 Å². The number of carbonyl (C=O) groups is 4. The van der Waals surface area contributed by atoms with Crippen molar-refractivity contribution in [1.29, 1.82) is 0 Å². The minimum Gasteiger partial charge on any atom is -0.462 e. The molecular formula is C67H130O17P2. The number of aliphatic hydroxyl groups excluding tert-OH is 1. The molecule has 0 fully saturated rings. The Morgan fingerprint density at radius 1 is 0.314 bits per heavy atom. The molecule has 19 heteroatoms. The summed E-state index contributed by atoms with van der Waals surface area (Å²) in [6, 6.07) is 0. The summed E-state index contributed by atoms with van der Waals surface area (Å²) in [6.45, 7) is 11.7. The Balaban J connectivity index is 5.17. The van der Waals surface area contributed by atoms with Crippen molar-refractivity contribution in [3.63, 3.8) is 0 Å². The third kappa shape index (κ3) is 60.9. The van der Waals surface area contributed by atoms with Crippen molar-refractivity contribution in [1.82, 2.24) is 0 Å². The molecule has 510 valence electrons. The Bertz CT molecular complexity index is 1700. The molecule has 86 heavy (non-hydrogen) atoms. The normalized spacial score (nSPS) is 14.3. The number of esters is 4. The van der Waals surface area contributed by atoms with Crippen LogP contribution >= 0.6 is 15.6 Å². The van der Waals surface area contributed by atoms with Crippen LogP contribution in [0.25, 0.3) is 0 Å². The van der Waals surface area contributed by atoms with Gasteiger partial charge < -0.3 is 33.8 Å². The minimum absolute atomic E-state index is 0.103. The highest BCUT2D eigenvalue weighted by molar-refractivity contribution is 7.47. The summed E-state index contributed by atoms with van der Waals surface area (Å²) >= 11 is 0. The minimum atomic E-state index is -4.95. The van der Waals surface area contributed by atoms with Gasteiger partial charge in [0.2, 0.25) is 0 Å². The maximum Gasteiger partial charge on any atom is 0.472 e. The topological polar surface area (TPSA) is 237 Å². The van der Waals surface area contributed by atoms with E-state index in [9.17, 15) is 43.2 Å². The number of phosphoric acid groups is 2. The molecule has 5 atom stereocenters. The maximum atomic E-state index is 13.0.